The second-order valence-corrected chi connectivity index (χ2v) is 14.9. The van der Waals surface area contributed by atoms with E-state index in [-0.39, 0.29) is 30.8 Å². The minimum atomic E-state index is -0.554. The summed E-state index contributed by atoms with van der Waals surface area (Å²) in [6.45, 7) is 7.84. The van der Waals surface area contributed by atoms with Crippen LogP contribution in [0.4, 0.5) is 0 Å². The van der Waals surface area contributed by atoms with Gasteiger partial charge in [-0.25, -0.2) is 19.6 Å². The van der Waals surface area contributed by atoms with Crippen LogP contribution >= 0.6 is 0 Å². The van der Waals surface area contributed by atoms with E-state index in [1.807, 2.05) is 12.1 Å². The molecule has 0 N–H and O–H groups in total. The first-order valence-corrected chi connectivity index (χ1v) is 21.9. The minimum absolute atomic E-state index is 0.175. The quantitative estimate of drug-likeness (QED) is 0.0425. The summed E-state index contributed by atoms with van der Waals surface area (Å²) in [7, 11) is 0. The predicted octanol–water partition coefficient (Wildman–Crippen LogP) is 12.1. The summed E-state index contributed by atoms with van der Waals surface area (Å²) in [4.78, 5) is 57.0. The molecule has 0 aromatic carbocycles. The van der Waals surface area contributed by atoms with Gasteiger partial charge in [-0.2, -0.15) is 0 Å². The van der Waals surface area contributed by atoms with Gasteiger partial charge < -0.3 is 14.2 Å². The van der Waals surface area contributed by atoms with Gasteiger partial charge in [0, 0.05) is 24.9 Å². The van der Waals surface area contributed by atoms with Crippen molar-refractivity contribution in [1.82, 2.24) is 19.9 Å². The first-order valence-electron chi connectivity index (χ1n) is 21.9. The van der Waals surface area contributed by atoms with Crippen LogP contribution in [0.5, 0.6) is 5.75 Å². The average molecular weight is 793 g/mol. The van der Waals surface area contributed by atoms with Crippen molar-refractivity contribution in [1.29, 1.82) is 0 Å². The number of pyridine rings is 4. The van der Waals surface area contributed by atoms with E-state index >= 15 is 0 Å². The third kappa shape index (κ3) is 15.7. The molecular formula is C48H64N4O6. The summed E-state index contributed by atoms with van der Waals surface area (Å²) in [5.74, 6) is -1.16. The van der Waals surface area contributed by atoms with Crippen LogP contribution in [0, 0.1) is 0 Å². The van der Waals surface area contributed by atoms with Crippen molar-refractivity contribution < 1.29 is 28.6 Å². The summed E-state index contributed by atoms with van der Waals surface area (Å²) < 4.78 is 16.1. The minimum Gasteiger partial charge on any atom is -0.462 e. The lowest BCUT2D eigenvalue weighted by molar-refractivity contribution is -0.134. The lowest BCUT2D eigenvalue weighted by atomic mass is 10.0. The fraction of sp³-hybridized carbons (Fsp3) is 0.521. The summed E-state index contributed by atoms with van der Waals surface area (Å²) in [5, 5.41) is 0. The summed E-state index contributed by atoms with van der Waals surface area (Å²) in [6, 6.07) is 13.6. The highest BCUT2D eigenvalue weighted by molar-refractivity contribution is 5.94. The molecule has 4 rings (SSSR count). The molecule has 10 heteroatoms. The molecule has 0 aliphatic carbocycles. The number of aryl methyl sites for hydroxylation is 1. The Morgan fingerprint density at radius 1 is 0.483 bits per heavy atom. The van der Waals surface area contributed by atoms with E-state index in [9.17, 15) is 14.4 Å². The van der Waals surface area contributed by atoms with Crippen molar-refractivity contribution in [2.24, 2.45) is 0 Å². The number of hydrogen-bond donors (Lipinski definition) is 0. The maximum absolute atomic E-state index is 13.1. The number of hydrogen-bond acceptors (Lipinski definition) is 10. The van der Waals surface area contributed by atoms with Gasteiger partial charge >= 0.3 is 17.9 Å². The molecule has 0 saturated carbocycles. The van der Waals surface area contributed by atoms with Crippen LogP contribution in [0.1, 0.15) is 170 Å². The zero-order valence-corrected chi connectivity index (χ0v) is 35.4. The number of esters is 3. The maximum atomic E-state index is 13.1. The molecule has 10 nitrogen and oxygen atoms in total. The van der Waals surface area contributed by atoms with E-state index in [0.717, 1.165) is 18.4 Å². The predicted molar refractivity (Wildman–Crippen MR) is 230 cm³/mol. The number of unbranched alkanes of at least 4 members (excludes halogenated alkanes) is 16. The molecule has 0 bridgehead atoms. The van der Waals surface area contributed by atoms with E-state index < -0.39 is 17.9 Å². The van der Waals surface area contributed by atoms with Crippen LogP contribution < -0.4 is 4.74 Å². The SMILES string of the molecule is CCCCCCCCCCCCCCCCCCCc1ccnc(-c2cc(C(=O)OCC)cc(-c3cc(C(=O)OCC)cc(-c4cc(OC(=O)CC)ccn4)n3)n2)c1. The highest BCUT2D eigenvalue weighted by Crippen LogP contribution is 2.29. The van der Waals surface area contributed by atoms with Crippen molar-refractivity contribution in [3.05, 3.63) is 77.6 Å². The monoisotopic (exact) mass is 792 g/mol. The lowest BCUT2D eigenvalue weighted by Gasteiger charge is -2.12. The van der Waals surface area contributed by atoms with Crippen molar-refractivity contribution in [3.63, 3.8) is 0 Å². The Balaban J connectivity index is 1.41. The largest absolute Gasteiger partial charge is 0.462 e. The number of carbonyl (C=O) groups is 3. The number of ether oxygens (including phenoxy) is 3. The maximum Gasteiger partial charge on any atom is 0.338 e. The molecule has 4 aromatic heterocycles. The van der Waals surface area contributed by atoms with Crippen molar-refractivity contribution in [3.8, 4) is 39.9 Å². The molecular weight excluding hydrogens is 729 g/mol. The topological polar surface area (TPSA) is 130 Å². The van der Waals surface area contributed by atoms with Gasteiger partial charge in [0.25, 0.3) is 0 Å². The number of carbonyl (C=O) groups excluding carboxylic acids is 3. The average Bonchev–Trinajstić information content (AvgIpc) is 3.24. The molecule has 0 aliphatic heterocycles. The summed E-state index contributed by atoms with van der Waals surface area (Å²) in [6.07, 6.45) is 27.2. The van der Waals surface area contributed by atoms with Gasteiger partial charge in [-0.1, -0.05) is 117 Å². The number of rotatable bonds is 27. The third-order valence-corrected chi connectivity index (χ3v) is 10.1. The van der Waals surface area contributed by atoms with E-state index in [1.165, 1.54) is 109 Å². The second kappa shape index (κ2) is 26.1. The fourth-order valence-electron chi connectivity index (χ4n) is 6.89. The molecule has 0 spiro atoms. The normalized spacial score (nSPS) is 11.0. The van der Waals surface area contributed by atoms with Crippen LogP contribution in [0.3, 0.4) is 0 Å². The highest BCUT2D eigenvalue weighted by atomic mass is 16.5. The van der Waals surface area contributed by atoms with Gasteiger partial charge in [-0.15, -0.1) is 0 Å². The zero-order chi connectivity index (χ0) is 41.4. The Labute approximate surface area is 346 Å². The van der Waals surface area contributed by atoms with Crippen molar-refractivity contribution in [2.45, 2.75) is 150 Å². The number of nitrogens with zero attached hydrogens (tertiary/aromatic N) is 4. The van der Waals surface area contributed by atoms with Gasteiger partial charge in [-0.3, -0.25) is 14.8 Å². The van der Waals surface area contributed by atoms with Gasteiger partial charge in [-0.05, 0) is 74.7 Å². The first-order chi connectivity index (χ1) is 28.3. The fourth-order valence-corrected chi connectivity index (χ4v) is 6.89. The molecule has 0 saturated heterocycles. The van der Waals surface area contributed by atoms with Crippen LogP contribution in [0.25, 0.3) is 34.2 Å². The molecule has 0 atom stereocenters. The smallest absolute Gasteiger partial charge is 0.338 e. The molecule has 0 unspecified atom stereocenters. The van der Waals surface area contributed by atoms with Crippen LogP contribution in [0.2, 0.25) is 0 Å². The Bertz CT molecular complexity index is 1880. The zero-order valence-electron chi connectivity index (χ0n) is 35.4. The Morgan fingerprint density at radius 2 is 0.897 bits per heavy atom. The van der Waals surface area contributed by atoms with Gasteiger partial charge in [0.1, 0.15) is 5.75 Å². The standard InChI is InChI=1S/C48H64N4O6/c1-5-9-10-11-12-13-14-15-16-17-18-19-20-21-22-23-24-25-36-26-28-49-40(30-36)42-31-37(47(54)56-7-3)33-44(51-42)45-34-38(48(55)57-8-4)32-43(52-45)41-35-39(27-29-50-41)58-46(53)6-2/h26-35H,5-25H2,1-4H3. The van der Waals surface area contributed by atoms with Crippen LogP contribution in [-0.4, -0.2) is 51.1 Å². The van der Waals surface area contributed by atoms with Crippen LogP contribution in [0.15, 0.2) is 60.9 Å². The summed E-state index contributed by atoms with van der Waals surface area (Å²) in [5.41, 5.74) is 4.08. The van der Waals surface area contributed by atoms with E-state index in [0.29, 0.717) is 39.9 Å². The van der Waals surface area contributed by atoms with Crippen LogP contribution in [-0.2, 0) is 20.7 Å². The highest BCUT2D eigenvalue weighted by Gasteiger charge is 2.19. The third-order valence-electron chi connectivity index (χ3n) is 10.1. The molecule has 0 aliphatic rings. The van der Waals surface area contributed by atoms with Crippen molar-refractivity contribution in [2.75, 3.05) is 13.2 Å². The second-order valence-electron chi connectivity index (χ2n) is 14.9. The van der Waals surface area contributed by atoms with E-state index in [2.05, 4.69) is 16.9 Å². The molecule has 0 fully saturated rings. The first kappa shape index (κ1) is 45.7. The van der Waals surface area contributed by atoms with Crippen molar-refractivity contribution >= 4 is 17.9 Å². The van der Waals surface area contributed by atoms with Gasteiger partial charge in [0.2, 0.25) is 0 Å². The Hall–Kier alpha value is -4.99. The van der Waals surface area contributed by atoms with E-state index in [4.69, 9.17) is 24.2 Å². The van der Waals surface area contributed by atoms with E-state index in [1.54, 1.807) is 63.4 Å². The summed E-state index contributed by atoms with van der Waals surface area (Å²) >= 11 is 0. The molecule has 312 valence electrons. The van der Waals surface area contributed by atoms with Gasteiger partial charge in [0.05, 0.1) is 58.5 Å². The Kier molecular flexibility index (Phi) is 20.6. The van der Waals surface area contributed by atoms with Gasteiger partial charge in [0.15, 0.2) is 0 Å². The lowest BCUT2D eigenvalue weighted by Crippen LogP contribution is -2.09. The number of aromatic nitrogens is 4. The molecule has 4 aromatic rings. The molecule has 0 radical (unpaired) electrons. The molecule has 0 amide bonds. The molecule has 4 heterocycles. The Morgan fingerprint density at radius 3 is 1.34 bits per heavy atom. The molecule has 58 heavy (non-hydrogen) atoms.